The van der Waals surface area contributed by atoms with E-state index in [4.69, 9.17) is 17.2 Å². The van der Waals surface area contributed by atoms with Crippen molar-refractivity contribution in [3.05, 3.63) is 104 Å². The summed E-state index contributed by atoms with van der Waals surface area (Å²) in [7, 11) is 0. The van der Waals surface area contributed by atoms with Gasteiger partial charge in [0.15, 0.2) is 15.9 Å². The second kappa shape index (κ2) is 7.76. The van der Waals surface area contributed by atoms with Crippen molar-refractivity contribution in [1.29, 1.82) is 0 Å². The van der Waals surface area contributed by atoms with Gasteiger partial charge >= 0.3 is 0 Å². The van der Waals surface area contributed by atoms with E-state index in [1.165, 1.54) is 0 Å². The SMILES string of the molecule is Cc1ccc(-c2nc3c([nH]c(=S)n3-c3ccccc3)c(=O)n2-c2ccc(Br)cc2)cc1. The van der Waals surface area contributed by atoms with Crippen molar-refractivity contribution in [2.24, 2.45) is 0 Å². The molecule has 0 fully saturated rings. The van der Waals surface area contributed by atoms with E-state index in [0.29, 0.717) is 21.8 Å². The molecule has 31 heavy (non-hydrogen) atoms. The number of aryl methyl sites for hydroxylation is 1. The zero-order valence-corrected chi connectivity index (χ0v) is 18.9. The summed E-state index contributed by atoms with van der Waals surface area (Å²) >= 11 is 9.02. The second-order valence-corrected chi connectivity index (χ2v) is 8.52. The summed E-state index contributed by atoms with van der Waals surface area (Å²) in [5.74, 6) is 0.554. The lowest BCUT2D eigenvalue weighted by molar-refractivity contribution is 0.960. The molecule has 0 unspecified atom stereocenters. The summed E-state index contributed by atoms with van der Waals surface area (Å²) in [4.78, 5) is 21.7. The lowest BCUT2D eigenvalue weighted by Crippen LogP contribution is -2.22. The highest BCUT2D eigenvalue weighted by molar-refractivity contribution is 9.10. The van der Waals surface area contributed by atoms with Gasteiger partial charge in [-0.15, -0.1) is 0 Å². The molecule has 7 heteroatoms. The molecule has 0 bridgehead atoms. The summed E-state index contributed by atoms with van der Waals surface area (Å²) in [6, 6.07) is 25.2. The van der Waals surface area contributed by atoms with Crippen LogP contribution in [0.4, 0.5) is 0 Å². The topological polar surface area (TPSA) is 55.6 Å². The molecule has 2 aromatic heterocycles. The van der Waals surface area contributed by atoms with Crippen molar-refractivity contribution >= 4 is 39.3 Å². The summed E-state index contributed by atoms with van der Waals surface area (Å²) in [5, 5.41) is 0. The minimum atomic E-state index is -0.205. The van der Waals surface area contributed by atoms with Crippen molar-refractivity contribution in [2.75, 3.05) is 0 Å². The van der Waals surface area contributed by atoms with Crippen LogP contribution in [-0.2, 0) is 0 Å². The summed E-state index contributed by atoms with van der Waals surface area (Å²) < 4.78 is 4.79. The molecule has 0 amide bonds. The minimum Gasteiger partial charge on any atom is -0.324 e. The lowest BCUT2D eigenvalue weighted by atomic mass is 10.1. The highest BCUT2D eigenvalue weighted by Crippen LogP contribution is 2.25. The van der Waals surface area contributed by atoms with Crippen LogP contribution in [-0.4, -0.2) is 19.1 Å². The maximum atomic E-state index is 13.7. The van der Waals surface area contributed by atoms with E-state index in [0.717, 1.165) is 27.0 Å². The fourth-order valence-corrected chi connectivity index (χ4v) is 4.14. The van der Waals surface area contributed by atoms with Crippen molar-refractivity contribution in [1.82, 2.24) is 19.1 Å². The van der Waals surface area contributed by atoms with Crippen LogP contribution in [0.25, 0.3) is 33.9 Å². The van der Waals surface area contributed by atoms with Crippen molar-refractivity contribution < 1.29 is 0 Å². The molecule has 5 nitrogen and oxygen atoms in total. The number of para-hydroxylation sites is 1. The van der Waals surface area contributed by atoms with Crippen LogP contribution in [0.3, 0.4) is 0 Å². The molecule has 0 aliphatic carbocycles. The molecule has 2 heterocycles. The van der Waals surface area contributed by atoms with E-state index < -0.39 is 0 Å². The molecular formula is C24H17BrN4OS. The number of halogens is 1. The van der Waals surface area contributed by atoms with E-state index in [-0.39, 0.29) is 5.56 Å². The zero-order valence-electron chi connectivity index (χ0n) is 16.5. The molecule has 0 saturated heterocycles. The van der Waals surface area contributed by atoms with Gasteiger partial charge < -0.3 is 4.98 Å². The van der Waals surface area contributed by atoms with E-state index in [9.17, 15) is 4.79 Å². The van der Waals surface area contributed by atoms with Crippen molar-refractivity contribution in [3.63, 3.8) is 0 Å². The fraction of sp³-hybridized carbons (Fsp3) is 0.0417. The molecule has 0 aliphatic rings. The summed E-state index contributed by atoms with van der Waals surface area (Å²) in [6.45, 7) is 2.03. The van der Waals surface area contributed by atoms with Gasteiger partial charge in [0.1, 0.15) is 5.82 Å². The minimum absolute atomic E-state index is 0.205. The fourth-order valence-electron chi connectivity index (χ4n) is 3.58. The molecule has 5 aromatic rings. The smallest absolute Gasteiger partial charge is 0.284 e. The van der Waals surface area contributed by atoms with Crippen LogP contribution in [0.5, 0.6) is 0 Å². The molecular weight excluding hydrogens is 472 g/mol. The van der Waals surface area contributed by atoms with Crippen LogP contribution in [0.15, 0.2) is 88.1 Å². The van der Waals surface area contributed by atoms with Gasteiger partial charge in [-0.05, 0) is 55.5 Å². The second-order valence-electron chi connectivity index (χ2n) is 7.22. The molecule has 0 atom stereocenters. The number of H-pyrrole nitrogens is 1. The largest absolute Gasteiger partial charge is 0.324 e. The number of aromatic nitrogens is 4. The van der Waals surface area contributed by atoms with Gasteiger partial charge in [-0.2, -0.15) is 0 Å². The van der Waals surface area contributed by atoms with Crippen LogP contribution >= 0.6 is 28.1 Å². The van der Waals surface area contributed by atoms with Crippen LogP contribution in [0.1, 0.15) is 5.56 Å². The average molecular weight is 489 g/mol. The molecule has 0 saturated carbocycles. The third-order valence-electron chi connectivity index (χ3n) is 5.12. The number of hydrogen-bond donors (Lipinski definition) is 1. The Bertz CT molecular complexity index is 1520. The molecule has 152 valence electrons. The van der Waals surface area contributed by atoms with Crippen LogP contribution < -0.4 is 5.56 Å². The Balaban J connectivity index is 1.90. The van der Waals surface area contributed by atoms with Gasteiger partial charge in [-0.3, -0.25) is 13.9 Å². The first-order valence-electron chi connectivity index (χ1n) is 9.69. The highest BCUT2D eigenvalue weighted by Gasteiger charge is 2.19. The lowest BCUT2D eigenvalue weighted by Gasteiger charge is -2.14. The number of nitrogens with zero attached hydrogens (tertiary/aromatic N) is 3. The van der Waals surface area contributed by atoms with Gasteiger partial charge in [-0.1, -0.05) is 64.0 Å². The Morgan fingerprint density at radius 2 is 1.52 bits per heavy atom. The number of benzene rings is 3. The van der Waals surface area contributed by atoms with Gasteiger partial charge in [0.05, 0.1) is 5.69 Å². The Morgan fingerprint density at radius 3 is 2.19 bits per heavy atom. The Kier molecular flexibility index (Phi) is 4.92. The first-order chi connectivity index (χ1) is 15.0. The van der Waals surface area contributed by atoms with Gasteiger partial charge in [0.25, 0.3) is 5.56 Å². The molecule has 0 radical (unpaired) electrons. The Morgan fingerprint density at radius 1 is 0.871 bits per heavy atom. The first-order valence-corrected chi connectivity index (χ1v) is 10.9. The zero-order chi connectivity index (χ0) is 21.5. The van der Waals surface area contributed by atoms with Gasteiger partial charge in [-0.25, -0.2) is 4.98 Å². The Hall–Kier alpha value is -3.29. The normalized spacial score (nSPS) is 11.2. The van der Waals surface area contributed by atoms with Crippen molar-refractivity contribution in [3.8, 4) is 22.8 Å². The first kappa shape index (κ1) is 19.7. The maximum absolute atomic E-state index is 13.7. The summed E-state index contributed by atoms with van der Waals surface area (Å²) in [5.41, 5.74) is 4.23. The predicted octanol–water partition coefficient (Wildman–Crippen LogP) is 5.97. The van der Waals surface area contributed by atoms with E-state index in [2.05, 4.69) is 20.9 Å². The maximum Gasteiger partial charge on any atom is 0.284 e. The monoisotopic (exact) mass is 488 g/mol. The quantitative estimate of drug-likeness (QED) is 0.318. The molecule has 5 rings (SSSR count). The predicted molar refractivity (Wildman–Crippen MR) is 130 cm³/mol. The number of hydrogen-bond acceptors (Lipinski definition) is 3. The molecule has 0 aliphatic heterocycles. The third kappa shape index (κ3) is 3.45. The van der Waals surface area contributed by atoms with E-state index in [1.807, 2.05) is 85.8 Å². The molecule has 3 aromatic carbocycles. The number of nitrogens with one attached hydrogen (secondary N) is 1. The Labute approximate surface area is 191 Å². The van der Waals surface area contributed by atoms with E-state index >= 15 is 0 Å². The molecule has 1 N–H and O–H groups in total. The average Bonchev–Trinajstić information content (AvgIpc) is 3.12. The van der Waals surface area contributed by atoms with E-state index in [1.54, 1.807) is 9.13 Å². The van der Waals surface area contributed by atoms with Gasteiger partial charge in [0.2, 0.25) is 0 Å². The van der Waals surface area contributed by atoms with Gasteiger partial charge in [0, 0.05) is 15.7 Å². The number of imidazole rings is 1. The van der Waals surface area contributed by atoms with Crippen molar-refractivity contribution in [2.45, 2.75) is 6.92 Å². The standard InChI is InChI=1S/C24H17BrN4OS/c1-15-7-9-16(10-8-15)21-27-22-20(23(30)28(21)19-13-11-17(25)12-14-19)26-24(31)29(22)18-5-3-2-4-6-18/h2-14H,1H3,(H,26,31). The number of fused-ring (bicyclic) bond motifs is 1. The molecule has 0 spiro atoms. The van der Waals surface area contributed by atoms with Crippen LogP contribution in [0.2, 0.25) is 0 Å². The number of rotatable bonds is 3. The highest BCUT2D eigenvalue weighted by atomic mass is 79.9. The van der Waals surface area contributed by atoms with Crippen LogP contribution in [0, 0.1) is 11.7 Å². The number of aromatic amines is 1. The summed E-state index contributed by atoms with van der Waals surface area (Å²) in [6.07, 6.45) is 0. The third-order valence-corrected chi connectivity index (χ3v) is 5.93.